The molecule has 196 valence electrons. The van der Waals surface area contributed by atoms with Gasteiger partial charge in [-0.25, -0.2) is 4.98 Å². The summed E-state index contributed by atoms with van der Waals surface area (Å²) < 4.78 is 46.9. The lowest BCUT2D eigenvalue weighted by molar-refractivity contribution is -0.141. The molecular weight excluding hydrogens is 549 g/mol. The summed E-state index contributed by atoms with van der Waals surface area (Å²) in [6, 6.07) is 8.56. The zero-order valence-corrected chi connectivity index (χ0v) is 22.1. The highest BCUT2D eigenvalue weighted by molar-refractivity contribution is 9.10. The van der Waals surface area contributed by atoms with E-state index in [1.54, 1.807) is 0 Å². The normalized spacial score (nSPS) is 22.2. The maximum Gasteiger partial charge on any atom is 0.433 e. The molecule has 6 rings (SSSR count). The predicted octanol–water partition coefficient (Wildman–Crippen LogP) is 5.73. The standard InChI is InChI=1S/C27H28BrF3N4O2/c1-25(8-9-25)37-15-17-4-5-18(28)14-20(17)35-12-10-26(11-13-35)24(36)33-23(34-26)19-6-7-21(27(29,30)31)32-22(19)16-2-3-16/h4-7,14,16H,2-3,8-13,15H2,1H3,(H,33,34,36). The second-order valence-electron chi connectivity index (χ2n) is 10.8. The number of aromatic nitrogens is 1. The molecule has 6 nitrogen and oxygen atoms in total. The molecule has 1 spiro atoms. The maximum absolute atomic E-state index is 13.3. The minimum Gasteiger partial charge on any atom is -0.371 e. The number of amides is 1. The fourth-order valence-corrected chi connectivity index (χ4v) is 5.48. The minimum atomic E-state index is -4.51. The number of halogens is 4. The molecule has 0 radical (unpaired) electrons. The summed E-state index contributed by atoms with van der Waals surface area (Å²) in [5.41, 5.74) is 1.23. The molecule has 3 heterocycles. The fraction of sp³-hybridized carbons (Fsp3) is 0.519. The number of aliphatic imine (C=N–C) groups is 1. The predicted molar refractivity (Wildman–Crippen MR) is 137 cm³/mol. The van der Waals surface area contributed by atoms with Crippen LogP contribution in [0.4, 0.5) is 18.9 Å². The first-order valence-corrected chi connectivity index (χ1v) is 13.5. The van der Waals surface area contributed by atoms with Crippen molar-refractivity contribution in [1.82, 2.24) is 10.3 Å². The Labute approximate surface area is 221 Å². The van der Waals surface area contributed by atoms with Gasteiger partial charge in [-0.2, -0.15) is 13.2 Å². The number of hydrogen-bond acceptors (Lipinski definition) is 5. The first-order chi connectivity index (χ1) is 17.6. The van der Waals surface area contributed by atoms with Crippen LogP contribution in [0.1, 0.15) is 73.9 Å². The molecular formula is C27H28BrF3N4O2. The van der Waals surface area contributed by atoms with Gasteiger partial charge in [0.25, 0.3) is 5.91 Å². The Morgan fingerprint density at radius 1 is 1.14 bits per heavy atom. The van der Waals surface area contributed by atoms with Gasteiger partial charge in [-0.3, -0.25) is 9.79 Å². The quantitative estimate of drug-likeness (QED) is 0.477. The van der Waals surface area contributed by atoms with Crippen molar-refractivity contribution in [3.63, 3.8) is 0 Å². The number of nitrogens with one attached hydrogen (secondary N) is 1. The van der Waals surface area contributed by atoms with Gasteiger partial charge < -0.3 is 15.0 Å². The van der Waals surface area contributed by atoms with E-state index in [2.05, 4.69) is 50.2 Å². The van der Waals surface area contributed by atoms with Crippen LogP contribution in [-0.4, -0.2) is 41.0 Å². The number of rotatable bonds is 6. The van der Waals surface area contributed by atoms with Gasteiger partial charge in [-0.1, -0.05) is 22.0 Å². The zero-order valence-electron chi connectivity index (χ0n) is 20.5. The molecule has 3 fully saturated rings. The molecule has 2 saturated carbocycles. The van der Waals surface area contributed by atoms with Crippen molar-refractivity contribution < 1.29 is 22.7 Å². The highest BCUT2D eigenvalue weighted by Crippen LogP contribution is 2.44. The Morgan fingerprint density at radius 3 is 2.51 bits per heavy atom. The Bertz CT molecular complexity index is 1280. The number of hydrogen-bond donors (Lipinski definition) is 1. The van der Waals surface area contributed by atoms with Gasteiger partial charge in [0.15, 0.2) is 0 Å². The average molecular weight is 577 g/mol. The summed E-state index contributed by atoms with van der Waals surface area (Å²) in [6.07, 6.45) is 0.263. The molecule has 0 atom stereocenters. The topological polar surface area (TPSA) is 66.8 Å². The van der Waals surface area contributed by atoms with Gasteiger partial charge in [-0.05, 0) is 69.7 Å². The summed E-state index contributed by atoms with van der Waals surface area (Å²) in [7, 11) is 0. The zero-order chi connectivity index (χ0) is 26.0. The lowest BCUT2D eigenvalue weighted by Gasteiger charge is -2.37. The van der Waals surface area contributed by atoms with Gasteiger partial charge in [0.2, 0.25) is 0 Å². The molecule has 4 aliphatic rings. The monoisotopic (exact) mass is 576 g/mol. The van der Waals surface area contributed by atoms with Crippen LogP contribution < -0.4 is 10.2 Å². The molecule has 10 heteroatoms. The summed E-state index contributed by atoms with van der Waals surface area (Å²) in [5, 5.41) is 2.87. The smallest absolute Gasteiger partial charge is 0.371 e. The highest BCUT2D eigenvalue weighted by atomic mass is 79.9. The van der Waals surface area contributed by atoms with E-state index in [4.69, 9.17) is 9.73 Å². The van der Waals surface area contributed by atoms with E-state index in [9.17, 15) is 18.0 Å². The third-order valence-electron chi connectivity index (χ3n) is 7.92. The number of carbonyl (C=O) groups excluding carboxylic acids is 1. The van der Waals surface area contributed by atoms with Crippen LogP contribution >= 0.6 is 15.9 Å². The Kier molecular flexibility index (Phi) is 5.91. The minimum absolute atomic E-state index is 0.0180. The molecule has 1 aromatic carbocycles. The van der Waals surface area contributed by atoms with Crippen molar-refractivity contribution in [1.29, 1.82) is 0 Å². The Balaban J connectivity index is 1.22. The van der Waals surface area contributed by atoms with E-state index in [0.717, 1.165) is 47.5 Å². The van der Waals surface area contributed by atoms with E-state index >= 15 is 0 Å². The number of carbonyl (C=O) groups is 1. The van der Waals surface area contributed by atoms with E-state index < -0.39 is 17.4 Å². The van der Waals surface area contributed by atoms with Crippen LogP contribution in [0.3, 0.4) is 0 Å². The molecule has 2 aliphatic heterocycles. The molecule has 37 heavy (non-hydrogen) atoms. The van der Waals surface area contributed by atoms with Gasteiger partial charge in [0.1, 0.15) is 17.1 Å². The van der Waals surface area contributed by atoms with E-state index in [0.29, 0.717) is 49.6 Å². The lowest BCUT2D eigenvalue weighted by Crippen LogP contribution is -2.49. The van der Waals surface area contributed by atoms with E-state index in [1.807, 2.05) is 6.07 Å². The number of benzene rings is 1. The van der Waals surface area contributed by atoms with Crippen LogP contribution in [0.15, 0.2) is 39.8 Å². The SMILES string of the molecule is CC1(OCc2ccc(Br)cc2N2CCC3(CC2)N=C(c2ccc(C(F)(F)F)nc2C2CC2)NC3=O)CC1. The summed E-state index contributed by atoms with van der Waals surface area (Å²) in [5.74, 6) is 0.129. The van der Waals surface area contributed by atoms with Crippen LogP contribution in [0, 0.1) is 0 Å². The number of pyridine rings is 1. The summed E-state index contributed by atoms with van der Waals surface area (Å²) >= 11 is 3.58. The molecule has 2 aromatic rings. The number of piperidine rings is 1. The molecule has 2 aliphatic carbocycles. The summed E-state index contributed by atoms with van der Waals surface area (Å²) in [6.45, 7) is 3.93. The van der Waals surface area contributed by atoms with Crippen LogP contribution in [-0.2, 0) is 22.3 Å². The number of alkyl halides is 3. The molecule has 1 saturated heterocycles. The van der Waals surface area contributed by atoms with Crippen molar-refractivity contribution in [3.05, 3.63) is 57.3 Å². The van der Waals surface area contributed by atoms with E-state index in [1.165, 1.54) is 6.07 Å². The fourth-order valence-electron chi connectivity index (χ4n) is 5.13. The number of nitrogens with zero attached hydrogens (tertiary/aromatic N) is 3. The van der Waals surface area contributed by atoms with Gasteiger partial charge in [0.05, 0.1) is 17.9 Å². The Morgan fingerprint density at radius 2 is 1.86 bits per heavy atom. The molecule has 1 amide bonds. The molecule has 1 N–H and O–H groups in total. The lowest BCUT2D eigenvalue weighted by atomic mass is 9.87. The third-order valence-corrected chi connectivity index (χ3v) is 8.42. The number of anilines is 1. The van der Waals surface area contributed by atoms with E-state index in [-0.39, 0.29) is 17.4 Å². The summed E-state index contributed by atoms with van der Waals surface area (Å²) in [4.78, 5) is 24.2. The number of amidine groups is 1. The average Bonchev–Trinajstić information content (AvgIpc) is 3.79. The van der Waals surface area contributed by atoms with Crippen molar-refractivity contribution in [2.24, 2.45) is 4.99 Å². The van der Waals surface area contributed by atoms with Crippen molar-refractivity contribution in [2.75, 3.05) is 18.0 Å². The Hall–Kier alpha value is -2.46. The maximum atomic E-state index is 13.3. The van der Waals surface area contributed by atoms with Gasteiger partial charge in [0, 0.05) is 40.3 Å². The first-order valence-electron chi connectivity index (χ1n) is 12.7. The van der Waals surface area contributed by atoms with Crippen LogP contribution in [0.2, 0.25) is 0 Å². The van der Waals surface area contributed by atoms with Crippen LogP contribution in [0.5, 0.6) is 0 Å². The molecule has 1 aromatic heterocycles. The third kappa shape index (κ3) is 4.90. The molecule has 0 unspecified atom stereocenters. The second-order valence-corrected chi connectivity index (χ2v) is 11.8. The number of ether oxygens (including phenoxy) is 1. The van der Waals surface area contributed by atoms with Crippen molar-refractivity contribution >= 4 is 33.4 Å². The largest absolute Gasteiger partial charge is 0.433 e. The molecule has 0 bridgehead atoms. The first kappa shape index (κ1) is 24.9. The van der Waals surface area contributed by atoms with Crippen LogP contribution in [0.25, 0.3) is 0 Å². The van der Waals surface area contributed by atoms with Crippen molar-refractivity contribution in [3.8, 4) is 0 Å². The second kappa shape index (κ2) is 8.80. The highest BCUT2D eigenvalue weighted by Gasteiger charge is 2.47. The van der Waals surface area contributed by atoms with Crippen molar-refractivity contribution in [2.45, 2.75) is 75.3 Å². The van der Waals surface area contributed by atoms with Gasteiger partial charge >= 0.3 is 6.18 Å². The van der Waals surface area contributed by atoms with Gasteiger partial charge in [-0.15, -0.1) is 0 Å².